The monoisotopic (exact) mass is 238 g/mol. The number of hydrogen-bond acceptors (Lipinski definition) is 3. The zero-order chi connectivity index (χ0) is 12.4. The summed E-state index contributed by atoms with van der Waals surface area (Å²) in [5.74, 6) is 0. The van der Waals surface area contributed by atoms with Crippen molar-refractivity contribution >= 4 is 16.5 Å². The van der Waals surface area contributed by atoms with E-state index in [4.69, 9.17) is 0 Å². The molecule has 0 aliphatic heterocycles. The van der Waals surface area contributed by atoms with Crippen LogP contribution in [0.4, 0.5) is 5.69 Å². The van der Waals surface area contributed by atoms with Crippen LogP contribution in [0, 0.1) is 0 Å². The zero-order valence-electron chi connectivity index (χ0n) is 10.1. The number of benzene rings is 1. The molecule has 18 heavy (non-hydrogen) atoms. The number of anilines is 1. The molecule has 0 aliphatic rings. The second kappa shape index (κ2) is 4.49. The highest BCUT2D eigenvalue weighted by atomic mass is 15.1. The summed E-state index contributed by atoms with van der Waals surface area (Å²) < 4.78 is 0. The van der Waals surface area contributed by atoms with Gasteiger partial charge in [0.1, 0.15) is 0 Å². The quantitative estimate of drug-likeness (QED) is 0.737. The lowest BCUT2D eigenvalue weighted by molar-refractivity contribution is 0.827. The standard InChI is InChI=1S/C14H14N4/c1-10(13-6-8-16-18-13)17-14-4-2-3-11-5-7-15-9-12(11)14/h2-10,17H,1H3,(H,16,18). The van der Waals surface area contributed by atoms with Crippen LogP contribution in [-0.4, -0.2) is 15.2 Å². The van der Waals surface area contributed by atoms with Gasteiger partial charge in [-0.05, 0) is 30.5 Å². The van der Waals surface area contributed by atoms with E-state index in [1.165, 1.54) is 5.39 Å². The summed E-state index contributed by atoms with van der Waals surface area (Å²) in [5, 5.41) is 12.7. The lowest BCUT2D eigenvalue weighted by atomic mass is 10.1. The van der Waals surface area contributed by atoms with Crippen molar-refractivity contribution in [3.63, 3.8) is 0 Å². The molecule has 2 heterocycles. The van der Waals surface area contributed by atoms with Crippen molar-refractivity contribution in [1.29, 1.82) is 0 Å². The third-order valence-corrected chi connectivity index (χ3v) is 3.04. The molecule has 3 aromatic rings. The Kier molecular flexibility index (Phi) is 2.68. The molecule has 0 saturated carbocycles. The molecule has 0 aliphatic carbocycles. The Morgan fingerprint density at radius 1 is 1.17 bits per heavy atom. The van der Waals surface area contributed by atoms with Gasteiger partial charge in [-0.25, -0.2) is 0 Å². The molecule has 2 aromatic heterocycles. The first-order valence-corrected chi connectivity index (χ1v) is 5.93. The van der Waals surface area contributed by atoms with E-state index in [9.17, 15) is 0 Å². The number of fused-ring (bicyclic) bond motifs is 1. The van der Waals surface area contributed by atoms with Crippen molar-refractivity contribution in [2.45, 2.75) is 13.0 Å². The average Bonchev–Trinajstić information content (AvgIpc) is 2.93. The highest BCUT2D eigenvalue weighted by Gasteiger charge is 2.08. The van der Waals surface area contributed by atoms with E-state index >= 15 is 0 Å². The van der Waals surface area contributed by atoms with E-state index in [0.717, 1.165) is 16.8 Å². The number of pyridine rings is 1. The number of aromatic nitrogens is 3. The number of aromatic amines is 1. The Hall–Kier alpha value is -2.36. The highest BCUT2D eigenvalue weighted by Crippen LogP contribution is 2.25. The van der Waals surface area contributed by atoms with Crippen LogP contribution in [0.2, 0.25) is 0 Å². The van der Waals surface area contributed by atoms with E-state index in [-0.39, 0.29) is 6.04 Å². The Bertz CT molecular complexity index is 640. The van der Waals surface area contributed by atoms with Crippen LogP contribution in [0.1, 0.15) is 18.7 Å². The molecular formula is C14H14N4. The van der Waals surface area contributed by atoms with E-state index in [2.05, 4.69) is 39.6 Å². The van der Waals surface area contributed by atoms with E-state index in [1.54, 1.807) is 6.20 Å². The molecule has 4 heteroatoms. The number of nitrogens with one attached hydrogen (secondary N) is 2. The van der Waals surface area contributed by atoms with Gasteiger partial charge in [-0.2, -0.15) is 5.10 Å². The molecule has 90 valence electrons. The third kappa shape index (κ3) is 1.93. The summed E-state index contributed by atoms with van der Waals surface area (Å²) in [7, 11) is 0. The van der Waals surface area contributed by atoms with Gasteiger partial charge >= 0.3 is 0 Å². The number of rotatable bonds is 3. The highest BCUT2D eigenvalue weighted by molar-refractivity contribution is 5.93. The normalized spacial score (nSPS) is 12.5. The molecule has 4 nitrogen and oxygen atoms in total. The van der Waals surface area contributed by atoms with Crippen LogP contribution in [0.15, 0.2) is 48.9 Å². The predicted octanol–water partition coefficient (Wildman–Crippen LogP) is 3.13. The van der Waals surface area contributed by atoms with Gasteiger partial charge in [0.25, 0.3) is 0 Å². The van der Waals surface area contributed by atoms with Crippen molar-refractivity contribution in [2.24, 2.45) is 0 Å². The summed E-state index contributed by atoms with van der Waals surface area (Å²) in [6.07, 6.45) is 5.46. The van der Waals surface area contributed by atoms with Crippen LogP contribution < -0.4 is 5.32 Å². The fourth-order valence-electron chi connectivity index (χ4n) is 2.06. The first-order valence-electron chi connectivity index (χ1n) is 5.93. The second-order valence-corrected chi connectivity index (χ2v) is 4.28. The molecule has 0 spiro atoms. The van der Waals surface area contributed by atoms with Crippen LogP contribution in [0.3, 0.4) is 0 Å². The maximum atomic E-state index is 4.18. The molecule has 0 fully saturated rings. The van der Waals surface area contributed by atoms with Gasteiger partial charge in [-0.1, -0.05) is 12.1 Å². The van der Waals surface area contributed by atoms with Gasteiger partial charge in [0.05, 0.1) is 11.7 Å². The van der Waals surface area contributed by atoms with Crippen molar-refractivity contribution < 1.29 is 0 Å². The van der Waals surface area contributed by atoms with Crippen molar-refractivity contribution in [3.8, 4) is 0 Å². The zero-order valence-corrected chi connectivity index (χ0v) is 10.1. The van der Waals surface area contributed by atoms with Crippen LogP contribution in [0.25, 0.3) is 10.8 Å². The van der Waals surface area contributed by atoms with E-state index in [0.29, 0.717) is 0 Å². The summed E-state index contributed by atoms with van der Waals surface area (Å²) in [6, 6.07) is 10.4. The molecule has 1 unspecified atom stereocenters. The second-order valence-electron chi connectivity index (χ2n) is 4.28. The van der Waals surface area contributed by atoms with E-state index in [1.807, 2.05) is 30.6 Å². The number of H-pyrrole nitrogens is 1. The summed E-state index contributed by atoms with van der Waals surface area (Å²) in [4.78, 5) is 4.18. The molecule has 3 rings (SSSR count). The fourth-order valence-corrected chi connectivity index (χ4v) is 2.06. The van der Waals surface area contributed by atoms with Gasteiger partial charge in [0.15, 0.2) is 0 Å². The first kappa shape index (κ1) is 10.8. The third-order valence-electron chi connectivity index (χ3n) is 3.04. The predicted molar refractivity (Wildman–Crippen MR) is 72.4 cm³/mol. The SMILES string of the molecule is CC(Nc1cccc2ccncc12)c1ccn[nH]1. The van der Waals surface area contributed by atoms with Gasteiger partial charge < -0.3 is 5.32 Å². The minimum Gasteiger partial charge on any atom is -0.376 e. The maximum Gasteiger partial charge on any atom is 0.0651 e. The Morgan fingerprint density at radius 2 is 2.11 bits per heavy atom. The molecule has 0 amide bonds. The van der Waals surface area contributed by atoms with Crippen LogP contribution in [-0.2, 0) is 0 Å². The van der Waals surface area contributed by atoms with Crippen molar-refractivity contribution in [3.05, 3.63) is 54.6 Å². The largest absolute Gasteiger partial charge is 0.376 e. The minimum atomic E-state index is 0.179. The molecule has 2 N–H and O–H groups in total. The number of nitrogens with zero attached hydrogens (tertiary/aromatic N) is 2. The van der Waals surface area contributed by atoms with E-state index < -0.39 is 0 Å². The van der Waals surface area contributed by atoms with Crippen molar-refractivity contribution in [1.82, 2.24) is 15.2 Å². The Labute approximate surface area is 105 Å². The minimum absolute atomic E-state index is 0.179. The lowest BCUT2D eigenvalue weighted by Crippen LogP contribution is -2.07. The topological polar surface area (TPSA) is 53.6 Å². The Morgan fingerprint density at radius 3 is 2.94 bits per heavy atom. The van der Waals surface area contributed by atoms with Gasteiger partial charge in [0, 0.05) is 29.7 Å². The fraction of sp³-hybridized carbons (Fsp3) is 0.143. The van der Waals surface area contributed by atoms with Crippen LogP contribution >= 0.6 is 0 Å². The smallest absolute Gasteiger partial charge is 0.0651 e. The average molecular weight is 238 g/mol. The van der Waals surface area contributed by atoms with Gasteiger partial charge in [-0.3, -0.25) is 10.1 Å². The summed E-state index contributed by atoms with van der Waals surface area (Å²) in [6.45, 7) is 2.10. The first-order chi connectivity index (χ1) is 8.84. The van der Waals surface area contributed by atoms with Crippen LogP contribution in [0.5, 0.6) is 0 Å². The molecule has 0 radical (unpaired) electrons. The summed E-state index contributed by atoms with van der Waals surface area (Å²) in [5.41, 5.74) is 2.15. The molecule has 1 aromatic carbocycles. The lowest BCUT2D eigenvalue weighted by Gasteiger charge is -2.15. The Balaban J connectivity index is 1.95. The maximum absolute atomic E-state index is 4.18. The van der Waals surface area contributed by atoms with Gasteiger partial charge in [-0.15, -0.1) is 0 Å². The molecule has 0 saturated heterocycles. The number of hydrogen-bond donors (Lipinski definition) is 2. The molecular weight excluding hydrogens is 224 g/mol. The molecule has 1 atom stereocenters. The van der Waals surface area contributed by atoms with Gasteiger partial charge in [0.2, 0.25) is 0 Å². The molecule has 0 bridgehead atoms. The van der Waals surface area contributed by atoms with Crippen molar-refractivity contribution in [2.75, 3.05) is 5.32 Å². The summed E-state index contributed by atoms with van der Waals surface area (Å²) >= 11 is 0.